The van der Waals surface area contributed by atoms with E-state index in [9.17, 15) is 8.78 Å². The van der Waals surface area contributed by atoms with Crippen LogP contribution in [0.1, 0.15) is 33.3 Å². The summed E-state index contributed by atoms with van der Waals surface area (Å²) in [6.07, 6.45) is -0.251. The Morgan fingerprint density at radius 3 is 2.06 bits per heavy atom. The Bertz CT molecular complexity index is 355. The highest BCUT2D eigenvalue weighted by atomic mass is 19.1. The molecular formula is C13H19F2NO. The number of rotatable bonds is 5. The van der Waals surface area contributed by atoms with E-state index >= 15 is 0 Å². The predicted octanol–water partition coefficient (Wildman–Crippen LogP) is 3.25. The molecule has 0 aliphatic carbocycles. The Kier molecular flexibility index (Phi) is 4.87. The van der Waals surface area contributed by atoms with Gasteiger partial charge in [-0.1, -0.05) is 13.8 Å². The Labute approximate surface area is 101 Å². The molecule has 2 nitrogen and oxygen atoms in total. The van der Waals surface area contributed by atoms with Crippen molar-refractivity contribution >= 4 is 0 Å². The third kappa shape index (κ3) is 4.30. The summed E-state index contributed by atoms with van der Waals surface area (Å²) < 4.78 is 32.3. The molecule has 0 aromatic heterocycles. The number of hydrogen-bond donors (Lipinski definition) is 1. The second-order valence-electron chi connectivity index (χ2n) is 4.59. The maximum absolute atomic E-state index is 13.6. The van der Waals surface area contributed by atoms with Gasteiger partial charge in [0.15, 0.2) is 17.4 Å². The zero-order chi connectivity index (χ0) is 13.0. The molecule has 0 atom stereocenters. The standard InChI is InChI=1S/C13H19F2NO/c1-8(2)16-7-10-5-11(14)13(12(15)6-10)17-9(3)4/h5-6,8-9,16H,7H2,1-4H3. The molecule has 96 valence electrons. The molecule has 4 heteroatoms. The smallest absolute Gasteiger partial charge is 0.191 e. The van der Waals surface area contributed by atoms with Crippen molar-refractivity contribution in [2.24, 2.45) is 0 Å². The lowest BCUT2D eigenvalue weighted by molar-refractivity contribution is 0.219. The summed E-state index contributed by atoms with van der Waals surface area (Å²) in [5.74, 6) is -1.60. The minimum absolute atomic E-state index is 0.251. The molecule has 0 heterocycles. The van der Waals surface area contributed by atoms with Crippen molar-refractivity contribution in [3.63, 3.8) is 0 Å². The Hall–Kier alpha value is -1.16. The van der Waals surface area contributed by atoms with Gasteiger partial charge in [0.1, 0.15) is 0 Å². The maximum atomic E-state index is 13.6. The van der Waals surface area contributed by atoms with Crippen molar-refractivity contribution in [2.45, 2.75) is 46.4 Å². The number of ether oxygens (including phenoxy) is 1. The zero-order valence-corrected chi connectivity index (χ0v) is 10.7. The van der Waals surface area contributed by atoms with Crippen LogP contribution < -0.4 is 10.1 Å². The molecule has 0 aliphatic heterocycles. The van der Waals surface area contributed by atoms with Gasteiger partial charge in [-0.15, -0.1) is 0 Å². The van der Waals surface area contributed by atoms with Crippen molar-refractivity contribution in [2.75, 3.05) is 0 Å². The fourth-order valence-electron chi connectivity index (χ4n) is 1.38. The van der Waals surface area contributed by atoms with Crippen LogP contribution in [0.4, 0.5) is 8.78 Å². The van der Waals surface area contributed by atoms with E-state index in [1.807, 2.05) is 13.8 Å². The first-order valence-corrected chi connectivity index (χ1v) is 5.78. The minimum Gasteiger partial charge on any atom is -0.485 e. The average Bonchev–Trinajstić information content (AvgIpc) is 2.20. The third-order valence-corrected chi connectivity index (χ3v) is 2.13. The van der Waals surface area contributed by atoms with E-state index in [2.05, 4.69) is 5.32 Å². The van der Waals surface area contributed by atoms with Crippen molar-refractivity contribution in [1.82, 2.24) is 5.32 Å². The summed E-state index contributed by atoms with van der Waals surface area (Å²) in [4.78, 5) is 0. The first kappa shape index (κ1) is 13.9. The van der Waals surface area contributed by atoms with Crippen LogP contribution in [0.2, 0.25) is 0 Å². The highest BCUT2D eigenvalue weighted by Gasteiger charge is 2.13. The molecule has 1 aromatic rings. The molecule has 0 amide bonds. The van der Waals surface area contributed by atoms with Gasteiger partial charge in [-0.05, 0) is 31.5 Å². The monoisotopic (exact) mass is 243 g/mol. The van der Waals surface area contributed by atoms with E-state index in [1.54, 1.807) is 13.8 Å². The number of benzene rings is 1. The van der Waals surface area contributed by atoms with Crippen LogP contribution in [-0.2, 0) is 6.54 Å². The molecule has 1 N–H and O–H groups in total. The molecule has 0 bridgehead atoms. The van der Waals surface area contributed by atoms with E-state index in [0.717, 1.165) is 0 Å². The normalized spacial score (nSPS) is 11.3. The first-order valence-electron chi connectivity index (χ1n) is 5.78. The molecule has 0 unspecified atom stereocenters. The van der Waals surface area contributed by atoms with Crippen LogP contribution >= 0.6 is 0 Å². The van der Waals surface area contributed by atoms with Crippen LogP contribution in [0.15, 0.2) is 12.1 Å². The fraction of sp³-hybridized carbons (Fsp3) is 0.538. The molecule has 17 heavy (non-hydrogen) atoms. The van der Waals surface area contributed by atoms with E-state index in [4.69, 9.17) is 4.74 Å². The minimum atomic E-state index is -0.653. The fourth-order valence-corrected chi connectivity index (χ4v) is 1.38. The van der Waals surface area contributed by atoms with Gasteiger partial charge in [0, 0.05) is 12.6 Å². The van der Waals surface area contributed by atoms with Gasteiger partial charge in [-0.3, -0.25) is 0 Å². The largest absolute Gasteiger partial charge is 0.485 e. The highest BCUT2D eigenvalue weighted by molar-refractivity contribution is 5.31. The second kappa shape index (κ2) is 5.96. The summed E-state index contributed by atoms with van der Waals surface area (Å²) in [5.41, 5.74) is 0.574. The molecule has 0 saturated heterocycles. The lowest BCUT2D eigenvalue weighted by Gasteiger charge is -2.13. The Balaban J connectivity index is 2.85. The van der Waals surface area contributed by atoms with Crippen LogP contribution in [0.5, 0.6) is 5.75 Å². The van der Waals surface area contributed by atoms with Gasteiger partial charge in [-0.25, -0.2) is 8.78 Å². The van der Waals surface area contributed by atoms with Crippen molar-refractivity contribution in [3.8, 4) is 5.75 Å². The Morgan fingerprint density at radius 1 is 1.12 bits per heavy atom. The van der Waals surface area contributed by atoms with Crippen molar-refractivity contribution < 1.29 is 13.5 Å². The van der Waals surface area contributed by atoms with Gasteiger partial charge < -0.3 is 10.1 Å². The summed E-state index contributed by atoms with van der Waals surface area (Å²) in [7, 11) is 0. The molecule has 1 aromatic carbocycles. The van der Waals surface area contributed by atoms with Gasteiger partial charge in [0.05, 0.1) is 6.10 Å². The quantitative estimate of drug-likeness (QED) is 0.857. The molecule has 0 spiro atoms. The third-order valence-electron chi connectivity index (χ3n) is 2.13. The van der Waals surface area contributed by atoms with Crippen LogP contribution in [0.3, 0.4) is 0 Å². The topological polar surface area (TPSA) is 21.3 Å². The summed E-state index contributed by atoms with van der Waals surface area (Å²) in [5, 5.41) is 3.10. The summed E-state index contributed by atoms with van der Waals surface area (Å²) in [6.45, 7) is 7.85. The van der Waals surface area contributed by atoms with Crippen molar-refractivity contribution in [3.05, 3.63) is 29.3 Å². The molecule has 0 fully saturated rings. The molecule has 0 aliphatic rings. The number of halogens is 2. The van der Waals surface area contributed by atoms with Gasteiger partial charge in [0.25, 0.3) is 0 Å². The maximum Gasteiger partial charge on any atom is 0.191 e. The van der Waals surface area contributed by atoms with Gasteiger partial charge in [-0.2, -0.15) is 0 Å². The second-order valence-corrected chi connectivity index (χ2v) is 4.59. The summed E-state index contributed by atoms with van der Waals surface area (Å²) in [6, 6.07) is 2.87. The Morgan fingerprint density at radius 2 is 1.65 bits per heavy atom. The molecule has 0 saturated carbocycles. The van der Waals surface area contributed by atoms with E-state index in [1.165, 1.54) is 12.1 Å². The van der Waals surface area contributed by atoms with Crippen LogP contribution in [-0.4, -0.2) is 12.1 Å². The van der Waals surface area contributed by atoms with Crippen LogP contribution in [0, 0.1) is 11.6 Å². The van der Waals surface area contributed by atoms with E-state index in [0.29, 0.717) is 12.1 Å². The lowest BCUT2D eigenvalue weighted by Crippen LogP contribution is -2.22. The molecule has 0 radical (unpaired) electrons. The first-order chi connectivity index (χ1) is 7.90. The number of nitrogens with one attached hydrogen (secondary N) is 1. The average molecular weight is 243 g/mol. The van der Waals surface area contributed by atoms with Gasteiger partial charge in [0.2, 0.25) is 0 Å². The summed E-state index contributed by atoms with van der Waals surface area (Å²) >= 11 is 0. The predicted molar refractivity (Wildman–Crippen MR) is 64.1 cm³/mol. The lowest BCUT2D eigenvalue weighted by atomic mass is 10.2. The molecular weight excluding hydrogens is 224 g/mol. The zero-order valence-electron chi connectivity index (χ0n) is 10.7. The molecule has 1 rings (SSSR count). The van der Waals surface area contributed by atoms with E-state index in [-0.39, 0.29) is 17.9 Å². The highest BCUT2D eigenvalue weighted by Crippen LogP contribution is 2.24. The SMILES string of the molecule is CC(C)NCc1cc(F)c(OC(C)C)c(F)c1. The van der Waals surface area contributed by atoms with E-state index < -0.39 is 11.6 Å². The van der Waals surface area contributed by atoms with Crippen molar-refractivity contribution in [1.29, 1.82) is 0 Å². The van der Waals surface area contributed by atoms with Gasteiger partial charge >= 0.3 is 0 Å². The van der Waals surface area contributed by atoms with Crippen LogP contribution in [0.25, 0.3) is 0 Å². The number of hydrogen-bond acceptors (Lipinski definition) is 2.